The number of hydrogen-bond donors (Lipinski definition) is 2. The van der Waals surface area contributed by atoms with Crippen molar-refractivity contribution < 1.29 is 0 Å². The minimum atomic E-state index is 0.593. The Morgan fingerprint density at radius 1 is 1.25 bits per heavy atom. The Labute approximate surface area is 143 Å². The van der Waals surface area contributed by atoms with Gasteiger partial charge in [-0.3, -0.25) is 0 Å². The molecular weight excluding hydrogens is 318 g/mol. The number of thiazole rings is 1. The lowest BCUT2D eigenvalue weighted by molar-refractivity contribution is 0.799. The Bertz CT molecular complexity index is 988. The smallest absolute Gasteiger partial charge is 0.181 e. The third-order valence-electron chi connectivity index (χ3n) is 3.96. The van der Waals surface area contributed by atoms with Crippen LogP contribution in [0.1, 0.15) is 5.56 Å². The lowest BCUT2D eigenvalue weighted by Gasteiger charge is -2.09. The fraction of sp³-hybridized carbons (Fsp3) is 0.111. The molecule has 120 valence electrons. The van der Waals surface area contributed by atoms with Gasteiger partial charge in [0.2, 0.25) is 0 Å². The minimum absolute atomic E-state index is 0.593. The molecule has 0 unspecified atom stereocenters. The number of nitrogens with one attached hydrogen (secondary N) is 1. The molecule has 5 nitrogen and oxygen atoms in total. The van der Waals surface area contributed by atoms with E-state index in [1.54, 1.807) is 6.20 Å². The van der Waals surface area contributed by atoms with Gasteiger partial charge in [0, 0.05) is 37.2 Å². The van der Waals surface area contributed by atoms with Crippen LogP contribution >= 0.6 is 11.3 Å². The van der Waals surface area contributed by atoms with E-state index in [9.17, 15) is 0 Å². The molecule has 0 fully saturated rings. The van der Waals surface area contributed by atoms with Crippen molar-refractivity contribution >= 4 is 32.4 Å². The maximum atomic E-state index is 5.96. The van der Waals surface area contributed by atoms with Gasteiger partial charge in [-0.15, -0.1) is 0 Å². The van der Waals surface area contributed by atoms with Gasteiger partial charge in [0.05, 0.1) is 16.5 Å². The Morgan fingerprint density at radius 3 is 2.96 bits per heavy atom. The van der Waals surface area contributed by atoms with E-state index in [4.69, 9.17) is 5.73 Å². The van der Waals surface area contributed by atoms with Gasteiger partial charge in [0.15, 0.2) is 5.13 Å². The van der Waals surface area contributed by atoms with Crippen molar-refractivity contribution in [2.75, 3.05) is 18.1 Å². The second-order valence-electron chi connectivity index (χ2n) is 5.61. The van der Waals surface area contributed by atoms with Gasteiger partial charge in [-0.05, 0) is 35.4 Å². The van der Waals surface area contributed by atoms with Crippen molar-refractivity contribution in [3.63, 3.8) is 0 Å². The van der Waals surface area contributed by atoms with Gasteiger partial charge in [0.1, 0.15) is 0 Å². The molecule has 0 saturated heterocycles. The first kappa shape index (κ1) is 14.7. The van der Waals surface area contributed by atoms with Crippen molar-refractivity contribution in [1.82, 2.24) is 14.5 Å². The highest BCUT2D eigenvalue weighted by molar-refractivity contribution is 7.22. The maximum absolute atomic E-state index is 5.96. The zero-order valence-electron chi connectivity index (χ0n) is 13.2. The molecule has 3 N–H and O–H groups in total. The number of benzene rings is 2. The quantitative estimate of drug-likeness (QED) is 0.595. The molecule has 0 bridgehead atoms. The van der Waals surface area contributed by atoms with Gasteiger partial charge < -0.3 is 15.6 Å². The molecule has 0 atom stereocenters. The highest BCUT2D eigenvalue weighted by atomic mass is 32.1. The van der Waals surface area contributed by atoms with Crippen LogP contribution < -0.4 is 11.1 Å². The Morgan fingerprint density at radius 2 is 2.17 bits per heavy atom. The normalized spacial score (nSPS) is 11.0. The van der Waals surface area contributed by atoms with Crippen LogP contribution in [-0.4, -0.2) is 21.6 Å². The fourth-order valence-electron chi connectivity index (χ4n) is 2.85. The van der Waals surface area contributed by atoms with E-state index in [0.29, 0.717) is 5.13 Å². The van der Waals surface area contributed by atoms with Crippen LogP contribution in [0.4, 0.5) is 10.8 Å². The predicted molar refractivity (Wildman–Crippen MR) is 100 cm³/mol. The Hall–Kier alpha value is -2.86. The van der Waals surface area contributed by atoms with Crippen LogP contribution in [-0.2, 0) is 6.54 Å². The first-order valence-electron chi connectivity index (χ1n) is 7.66. The zero-order valence-corrected chi connectivity index (χ0v) is 14.0. The molecule has 4 rings (SSSR count). The third kappa shape index (κ3) is 2.72. The number of nitrogens with zero attached hydrogens (tertiary/aromatic N) is 3. The number of fused-ring (bicyclic) bond motifs is 1. The first-order valence-corrected chi connectivity index (χ1v) is 8.47. The molecule has 0 aliphatic carbocycles. The van der Waals surface area contributed by atoms with E-state index < -0.39 is 0 Å². The zero-order chi connectivity index (χ0) is 16.5. The number of hydrogen-bond acceptors (Lipinski definition) is 5. The molecule has 0 aliphatic rings. The average molecular weight is 335 g/mol. The molecule has 4 aromatic rings. The first-order chi connectivity index (χ1) is 11.7. The molecule has 2 aromatic carbocycles. The summed E-state index contributed by atoms with van der Waals surface area (Å²) in [5.74, 6) is 0. The fourth-order valence-corrected chi connectivity index (χ4v) is 3.67. The van der Waals surface area contributed by atoms with E-state index in [2.05, 4.69) is 44.1 Å². The summed E-state index contributed by atoms with van der Waals surface area (Å²) in [5.41, 5.74) is 11.4. The lowest BCUT2D eigenvalue weighted by atomic mass is 10.0. The SMILES string of the molecule is CNc1cccc(-c2cc(Cn3ccnc3)cc3sc(N)nc23)c1. The number of anilines is 2. The molecule has 6 heteroatoms. The second kappa shape index (κ2) is 5.98. The lowest BCUT2D eigenvalue weighted by Crippen LogP contribution is -1.97. The molecular formula is C18H17N5S. The van der Waals surface area contributed by atoms with E-state index in [-0.39, 0.29) is 0 Å². The molecule has 0 saturated carbocycles. The van der Waals surface area contributed by atoms with Crippen molar-refractivity contribution in [3.8, 4) is 11.1 Å². The largest absolute Gasteiger partial charge is 0.388 e. The summed E-state index contributed by atoms with van der Waals surface area (Å²) >= 11 is 1.52. The van der Waals surface area contributed by atoms with Crippen molar-refractivity contribution in [3.05, 3.63) is 60.7 Å². The number of rotatable bonds is 4. The van der Waals surface area contributed by atoms with Crippen molar-refractivity contribution in [2.45, 2.75) is 6.54 Å². The third-order valence-corrected chi connectivity index (χ3v) is 4.79. The number of nitrogen functional groups attached to an aromatic ring is 1. The van der Waals surface area contributed by atoms with Gasteiger partial charge in [0.25, 0.3) is 0 Å². The molecule has 2 aromatic heterocycles. The minimum Gasteiger partial charge on any atom is -0.388 e. The number of imidazole rings is 1. The Kier molecular flexibility index (Phi) is 3.66. The van der Waals surface area contributed by atoms with Crippen molar-refractivity contribution in [2.24, 2.45) is 0 Å². The van der Waals surface area contributed by atoms with E-state index in [1.807, 2.05) is 31.7 Å². The summed E-state index contributed by atoms with van der Waals surface area (Å²) in [6.45, 7) is 0.770. The van der Waals surface area contributed by atoms with Crippen LogP contribution in [0.5, 0.6) is 0 Å². The Balaban J connectivity index is 1.88. The van der Waals surface area contributed by atoms with Crippen LogP contribution in [0.2, 0.25) is 0 Å². The van der Waals surface area contributed by atoms with Crippen LogP contribution in [0.3, 0.4) is 0 Å². The monoisotopic (exact) mass is 335 g/mol. The molecule has 0 radical (unpaired) electrons. The van der Waals surface area contributed by atoms with Gasteiger partial charge in [-0.2, -0.15) is 0 Å². The summed E-state index contributed by atoms with van der Waals surface area (Å²) in [4.78, 5) is 8.65. The second-order valence-corrected chi connectivity index (χ2v) is 6.67. The average Bonchev–Trinajstić information content (AvgIpc) is 3.22. The number of aromatic nitrogens is 3. The van der Waals surface area contributed by atoms with Gasteiger partial charge in [-0.25, -0.2) is 9.97 Å². The predicted octanol–water partition coefficient (Wildman–Crippen LogP) is 3.83. The van der Waals surface area contributed by atoms with Gasteiger partial charge in [-0.1, -0.05) is 23.5 Å². The van der Waals surface area contributed by atoms with Crippen LogP contribution in [0.15, 0.2) is 55.1 Å². The molecule has 0 amide bonds. The maximum Gasteiger partial charge on any atom is 0.181 e. The van der Waals surface area contributed by atoms with Crippen LogP contribution in [0.25, 0.3) is 21.3 Å². The highest BCUT2D eigenvalue weighted by Crippen LogP contribution is 2.35. The summed E-state index contributed by atoms with van der Waals surface area (Å²) < 4.78 is 3.16. The number of nitrogens with two attached hydrogens (primary N) is 1. The van der Waals surface area contributed by atoms with Crippen molar-refractivity contribution in [1.29, 1.82) is 0 Å². The van der Waals surface area contributed by atoms with E-state index >= 15 is 0 Å². The molecule has 0 spiro atoms. The summed E-state index contributed by atoms with van der Waals surface area (Å²) in [7, 11) is 1.92. The molecule has 0 aliphatic heterocycles. The van der Waals surface area contributed by atoms with Crippen LogP contribution in [0, 0.1) is 0 Å². The highest BCUT2D eigenvalue weighted by Gasteiger charge is 2.12. The van der Waals surface area contributed by atoms with E-state index in [0.717, 1.165) is 33.6 Å². The summed E-state index contributed by atoms with van der Waals surface area (Å²) in [6, 6.07) is 12.7. The standard InChI is InChI=1S/C18H17N5S/c1-20-14-4-2-3-13(9-14)15-7-12(10-23-6-5-21-11-23)8-16-17(15)22-18(19)24-16/h2-9,11,20H,10H2,1H3,(H2,19,22). The summed E-state index contributed by atoms with van der Waals surface area (Å²) in [6.07, 6.45) is 5.58. The molecule has 2 heterocycles. The topological polar surface area (TPSA) is 68.8 Å². The molecule has 24 heavy (non-hydrogen) atoms. The van der Waals surface area contributed by atoms with E-state index in [1.165, 1.54) is 16.9 Å². The summed E-state index contributed by atoms with van der Waals surface area (Å²) in [5, 5.41) is 3.78. The van der Waals surface area contributed by atoms with Gasteiger partial charge >= 0.3 is 0 Å².